The molecule has 2 aromatic rings. The quantitative estimate of drug-likeness (QED) is 0.797. The summed E-state index contributed by atoms with van der Waals surface area (Å²) in [5.41, 5.74) is 3.50. The molecule has 3 rings (SSSR count). The Hall–Kier alpha value is -2.63. The predicted molar refractivity (Wildman–Crippen MR) is 105 cm³/mol. The molecule has 1 aromatic carbocycles. The van der Waals surface area contributed by atoms with Crippen molar-refractivity contribution >= 4 is 11.8 Å². The third-order valence-electron chi connectivity index (χ3n) is 5.16. The van der Waals surface area contributed by atoms with Crippen molar-refractivity contribution in [2.24, 2.45) is 0 Å². The van der Waals surface area contributed by atoms with E-state index >= 15 is 0 Å². The molecule has 2 heterocycles. The van der Waals surface area contributed by atoms with Crippen molar-refractivity contribution in [3.63, 3.8) is 0 Å². The van der Waals surface area contributed by atoms with Crippen LogP contribution in [0.2, 0.25) is 0 Å². The van der Waals surface area contributed by atoms with Gasteiger partial charge in [-0.3, -0.25) is 9.59 Å². The second-order valence-electron chi connectivity index (χ2n) is 7.14. The van der Waals surface area contributed by atoms with Gasteiger partial charge in [0.15, 0.2) is 0 Å². The van der Waals surface area contributed by atoms with Crippen LogP contribution in [0.15, 0.2) is 30.5 Å². The first-order chi connectivity index (χ1) is 13.1. The molecule has 1 aliphatic heterocycles. The molecule has 0 spiro atoms. The van der Waals surface area contributed by atoms with Gasteiger partial charge in [0.05, 0.1) is 23.1 Å². The normalized spacial score (nSPS) is 14.9. The number of nitrogens with one attached hydrogen (secondary N) is 1. The van der Waals surface area contributed by atoms with Crippen LogP contribution in [0, 0.1) is 13.8 Å². The lowest BCUT2D eigenvalue weighted by molar-refractivity contribution is -0.130. The van der Waals surface area contributed by atoms with Gasteiger partial charge in [0, 0.05) is 26.1 Å². The molecule has 27 heavy (non-hydrogen) atoms. The van der Waals surface area contributed by atoms with Crippen LogP contribution in [0.4, 0.5) is 0 Å². The van der Waals surface area contributed by atoms with Crippen molar-refractivity contribution in [2.45, 2.75) is 46.0 Å². The minimum atomic E-state index is -0.116. The summed E-state index contributed by atoms with van der Waals surface area (Å²) in [6, 6.07) is 7.98. The fourth-order valence-electron chi connectivity index (χ4n) is 3.52. The molecule has 144 valence electrons. The van der Waals surface area contributed by atoms with E-state index in [1.54, 1.807) is 10.9 Å². The van der Waals surface area contributed by atoms with Gasteiger partial charge in [-0.25, -0.2) is 4.68 Å². The summed E-state index contributed by atoms with van der Waals surface area (Å²) in [5, 5.41) is 7.35. The van der Waals surface area contributed by atoms with E-state index in [2.05, 4.69) is 10.4 Å². The standard InChI is InChI=1S/C21H28N4O2/c1-16-9-5-6-10-19(16)25-17(2)18(15-23-25)21(27)22-12-8-14-24-13-7-3-4-11-20(24)26/h5-6,9-10,15H,3-4,7-8,11-14H2,1-2H3,(H,22,27). The number of nitrogens with zero attached hydrogens (tertiary/aromatic N) is 3. The molecular formula is C21H28N4O2. The number of carbonyl (C=O) groups is 2. The lowest BCUT2D eigenvalue weighted by atomic mass is 10.2. The molecule has 0 saturated carbocycles. The topological polar surface area (TPSA) is 67.2 Å². The van der Waals surface area contributed by atoms with Crippen molar-refractivity contribution in [1.82, 2.24) is 20.0 Å². The number of rotatable bonds is 6. The highest BCUT2D eigenvalue weighted by molar-refractivity contribution is 5.95. The lowest BCUT2D eigenvalue weighted by Crippen LogP contribution is -2.34. The number of amides is 2. The fraction of sp³-hybridized carbons (Fsp3) is 0.476. The van der Waals surface area contributed by atoms with E-state index in [0.29, 0.717) is 25.1 Å². The second-order valence-corrected chi connectivity index (χ2v) is 7.14. The number of carbonyl (C=O) groups excluding carboxylic acids is 2. The monoisotopic (exact) mass is 368 g/mol. The molecule has 1 aromatic heterocycles. The number of hydrogen-bond acceptors (Lipinski definition) is 3. The van der Waals surface area contributed by atoms with Crippen LogP contribution >= 0.6 is 0 Å². The average Bonchev–Trinajstić information content (AvgIpc) is 2.92. The number of likely N-dealkylation sites (tertiary alicyclic amines) is 1. The van der Waals surface area contributed by atoms with Gasteiger partial charge in [-0.15, -0.1) is 0 Å². The maximum atomic E-state index is 12.5. The molecule has 0 aliphatic carbocycles. The van der Waals surface area contributed by atoms with E-state index in [-0.39, 0.29) is 11.8 Å². The Kier molecular flexibility index (Phi) is 6.27. The molecule has 1 saturated heterocycles. The molecule has 1 N–H and O–H groups in total. The minimum Gasteiger partial charge on any atom is -0.352 e. The Morgan fingerprint density at radius 2 is 2.00 bits per heavy atom. The summed E-state index contributed by atoms with van der Waals surface area (Å²) in [6.45, 7) is 6.04. The van der Waals surface area contributed by atoms with Crippen LogP contribution in [-0.2, 0) is 4.79 Å². The third-order valence-corrected chi connectivity index (χ3v) is 5.16. The van der Waals surface area contributed by atoms with Crippen molar-refractivity contribution in [3.8, 4) is 5.69 Å². The van der Waals surface area contributed by atoms with Gasteiger partial charge in [-0.2, -0.15) is 5.10 Å². The van der Waals surface area contributed by atoms with Gasteiger partial charge < -0.3 is 10.2 Å². The van der Waals surface area contributed by atoms with Crippen LogP contribution in [0.3, 0.4) is 0 Å². The van der Waals surface area contributed by atoms with Crippen LogP contribution in [0.25, 0.3) is 5.69 Å². The number of hydrogen-bond donors (Lipinski definition) is 1. The summed E-state index contributed by atoms with van der Waals surface area (Å²) >= 11 is 0. The second kappa shape index (κ2) is 8.84. The SMILES string of the molecule is Cc1ccccc1-n1ncc(C(=O)NCCCN2CCCCCC2=O)c1C. The van der Waals surface area contributed by atoms with Crippen molar-refractivity contribution in [1.29, 1.82) is 0 Å². The van der Waals surface area contributed by atoms with Crippen molar-refractivity contribution < 1.29 is 9.59 Å². The highest BCUT2D eigenvalue weighted by Crippen LogP contribution is 2.17. The smallest absolute Gasteiger partial charge is 0.254 e. The Morgan fingerprint density at radius 3 is 2.81 bits per heavy atom. The van der Waals surface area contributed by atoms with E-state index in [1.165, 1.54) is 0 Å². The maximum absolute atomic E-state index is 12.5. The Balaban J connectivity index is 1.54. The zero-order chi connectivity index (χ0) is 19.2. The van der Waals surface area contributed by atoms with E-state index in [4.69, 9.17) is 0 Å². The summed E-state index contributed by atoms with van der Waals surface area (Å²) in [7, 11) is 0. The van der Waals surface area contributed by atoms with E-state index < -0.39 is 0 Å². The maximum Gasteiger partial charge on any atom is 0.254 e. The van der Waals surface area contributed by atoms with E-state index in [0.717, 1.165) is 49.2 Å². The molecule has 1 aliphatic rings. The molecule has 0 bridgehead atoms. The first-order valence-corrected chi connectivity index (χ1v) is 9.74. The fourth-order valence-corrected chi connectivity index (χ4v) is 3.52. The number of benzene rings is 1. The van der Waals surface area contributed by atoms with Crippen LogP contribution in [-0.4, -0.2) is 46.1 Å². The van der Waals surface area contributed by atoms with E-state index in [9.17, 15) is 9.59 Å². The van der Waals surface area contributed by atoms with Gasteiger partial charge >= 0.3 is 0 Å². The van der Waals surface area contributed by atoms with Crippen LogP contribution in [0.1, 0.15) is 53.7 Å². The predicted octanol–water partition coefficient (Wildman–Crippen LogP) is 3.01. The molecular weight excluding hydrogens is 340 g/mol. The average molecular weight is 368 g/mol. The van der Waals surface area contributed by atoms with E-state index in [1.807, 2.05) is 43.0 Å². The van der Waals surface area contributed by atoms with Gasteiger partial charge in [-0.1, -0.05) is 24.6 Å². The molecule has 6 nitrogen and oxygen atoms in total. The molecule has 6 heteroatoms. The number of aromatic nitrogens is 2. The summed E-state index contributed by atoms with van der Waals surface area (Å²) in [4.78, 5) is 26.5. The first-order valence-electron chi connectivity index (χ1n) is 9.74. The Bertz CT molecular complexity index is 812. The molecule has 0 atom stereocenters. The Labute approximate surface area is 160 Å². The van der Waals surface area contributed by atoms with Gasteiger partial charge in [0.25, 0.3) is 5.91 Å². The van der Waals surface area contributed by atoms with Gasteiger partial charge in [0.1, 0.15) is 0 Å². The summed E-state index contributed by atoms with van der Waals surface area (Å²) in [5.74, 6) is 0.128. The Morgan fingerprint density at radius 1 is 1.19 bits per heavy atom. The summed E-state index contributed by atoms with van der Waals surface area (Å²) < 4.78 is 1.81. The lowest BCUT2D eigenvalue weighted by Gasteiger charge is -2.20. The van der Waals surface area contributed by atoms with Crippen molar-refractivity contribution in [3.05, 3.63) is 47.3 Å². The molecule has 2 amide bonds. The van der Waals surface area contributed by atoms with Crippen LogP contribution < -0.4 is 5.32 Å². The summed E-state index contributed by atoms with van der Waals surface area (Å²) in [6.07, 6.45) is 6.25. The molecule has 1 fully saturated rings. The zero-order valence-corrected chi connectivity index (χ0v) is 16.2. The third kappa shape index (κ3) is 4.56. The molecule has 0 unspecified atom stereocenters. The molecule has 0 radical (unpaired) electrons. The van der Waals surface area contributed by atoms with Crippen LogP contribution in [0.5, 0.6) is 0 Å². The highest BCUT2D eigenvalue weighted by Gasteiger charge is 2.17. The zero-order valence-electron chi connectivity index (χ0n) is 16.2. The van der Waals surface area contributed by atoms with Gasteiger partial charge in [0.2, 0.25) is 5.91 Å². The first kappa shape index (κ1) is 19.1. The largest absolute Gasteiger partial charge is 0.352 e. The van der Waals surface area contributed by atoms with Crippen molar-refractivity contribution in [2.75, 3.05) is 19.6 Å². The number of para-hydroxylation sites is 1. The highest BCUT2D eigenvalue weighted by atomic mass is 16.2. The number of aryl methyl sites for hydroxylation is 1. The van der Waals surface area contributed by atoms with Gasteiger partial charge in [-0.05, 0) is 44.7 Å². The minimum absolute atomic E-state index is 0.116.